The second-order valence-electron chi connectivity index (χ2n) is 9.71. The third-order valence-corrected chi connectivity index (χ3v) is 6.65. The zero-order valence-corrected chi connectivity index (χ0v) is 23.9. The number of ether oxygens (including phenoxy) is 4. The molecule has 0 spiro atoms. The highest BCUT2D eigenvalue weighted by atomic mass is 16.6. The van der Waals surface area contributed by atoms with E-state index in [4.69, 9.17) is 24.7 Å². The number of nitrogens with two attached hydrogens (primary N) is 1. The van der Waals surface area contributed by atoms with Crippen LogP contribution in [0.4, 0.5) is 10.5 Å². The molecule has 1 aliphatic rings. The van der Waals surface area contributed by atoms with Gasteiger partial charge in [0.05, 0.1) is 30.6 Å². The fourth-order valence-corrected chi connectivity index (χ4v) is 4.47. The zero-order valence-electron chi connectivity index (χ0n) is 23.9. The molecule has 6 N–H and O–H groups in total. The van der Waals surface area contributed by atoms with Gasteiger partial charge in [-0.3, -0.25) is 4.79 Å². The van der Waals surface area contributed by atoms with Crippen molar-refractivity contribution in [1.29, 1.82) is 0 Å². The van der Waals surface area contributed by atoms with E-state index >= 15 is 0 Å². The van der Waals surface area contributed by atoms with E-state index in [2.05, 4.69) is 5.32 Å². The topological polar surface area (TPSA) is 170 Å². The minimum Gasteiger partial charge on any atom is -0.505 e. The number of hydrogen-bond donors (Lipinski definition) is 5. The van der Waals surface area contributed by atoms with Gasteiger partial charge in [0.25, 0.3) is 5.91 Å². The molecule has 220 valence electrons. The van der Waals surface area contributed by atoms with Crippen molar-refractivity contribution in [2.45, 2.75) is 58.5 Å². The summed E-state index contributed by atoms with van der Waals surface area (Å²) in [4.78, 5) is 24.6. The Bertz CT molecular complexity index is 1200. The van der Waals surface area contributed by atoms with Gasteiger partial charge in [-0.05, 0) is 38.8 Å². The van der Waals surface area contributed by atoms with Crippen LogP contribution < -0.4 is 15.8 Å². The van der Waals surface area contributed by atoms with Crippen LogP contribution in [0.15, 0.2) is 47.1 Å². The number of anilines is 1. The molecule has 40 heavy (non-hydrogen) atoms. The molecule has 0 aromatic heterocycles. The summed E-state index contributed by atoms with van der Waals surface area (Å²) in [6.45, 7) is 6.86. The summed E-state index contributed by atoms with van der Waals surface area (Å²) in [5.41, 5.74) is 6.98. The second kappa shape index (κ2) is 14.5. The molecule has 5 atom stereocenters. The number of carbonyl (C=O) groups is 2. The molecule has 1 aromatic carbocycles. The Morgan fingerprint density at radius 1 is 1.12 bits per heavy atom. The van der Waals surface area contributed by atoms with Crippen molar-refractivity contribution in [2.24, 2.45) is 11.7 Å². The molecular formula is C29H40N2O9. The van der Waals surface area contributed by atoms with Gasteiger partial charge in [-0.2, -0.15) is 0 Å². The molecular weight excluding hydrogens is 520 g/mol. The SMILES string of the molecule is COc1c(O)cc2c(O)c1/C=C(\C)CC(OC)C(O)C(C)C=C(C)C(OC(N)=O)C(OC)C=C/C=C(\C)C(=O)N2. The van der Waals surface area contributed by atoms with Gasteiger partial charge in [-0.15, -0.1) is 0 Å². The number of carbonyl (C=O) groups excluding carboxylic acids is 2. The van der Waals surface area contributed by atoms with E-state index < -0.39 is 42.3 Å². The van der Waals surface area contributed by atoms with Gasteiger partial charge in [-0.1, -0.05) is 36.8 Å². The molecule has 2 amide bonds. The van der Waals surface area contributed by atoms with Crippen LogP contribution in [0.5, 0.6) is 17.2 Å². The standard InChI is InChI=1S/C29H40N2O9/c1-15-11-19-25(34)20(14-21(32)27(19)39-7)31-28(35)16(2)9-8-10-22(37-5)26(40-29(30)36)18(4)13-17(3)24(33)23(12-15)38-6/h8-11,13-14,17,22-24,26,32-34H,12H2,1-7H3,(H2,30,36)(H,31,35)/b10-8?,15-11+,16-9+,18-13?. The fourth-order valence-electron chi connectivity index (χ4n) is 4.47. The number of phenolic OH excluding ortho intramolecular Hbond substituents is 2. The van der Waals surface area contributed by atoms with E-state index in [1.165, 1.54) is 33.5 Å². The Balaban J connectivity index is 2.72. The number of phenols is 2. The minimum absolute atomic E-state index is 0.0171. The van der Waals surface area contributed by atoms with Gasteiger partial charge in [-0.25, -0.2) is 4.79 Å². The number of allylic oxidation sites excluding steroid dienone is 2. The summed E-state index contributed by atoms with van der Waals surface area (Å²) in [5, 5.41) is 35.3. The number of aromatic hydroxyl groups is 2. The first-order valence-electron chi connectivity index (χ1n) is 12.7. The number of amides is 2. The van der Waals surface area contributed by atoms with Crippen LogP contribution >= 0.6 is 0 Å². The van der Waals surface area contributed by atoms with Gasteiger partial charge < -0.3 is 45.3 Å². The summed E-state index contributed by atoms with van der Waals surface area (Å²) < 4.78 is 21.8. The summed E-state index contributed by atoms with van der Waals surface area (Å²) in [5.74, 6) is -1.57. The van der Waals surface area contributed by atoms with Crippen molar-refractivity contribution in [1.82, 2.24) is 0 Å². The molecule has 1 aliphatic heterocycles. The van der Waals surface area contributed by atoms with Crippen LogP contribution in [-0.2, 0) is 19.0 Å². The number of hydrogen-bond acceptors (Lipinski definition) is 9. The van der Waals surface area contributed by atoms with E-state index in [1.807, 2.05) is 0 Å². The summed E-state index contributed by atoms with van der Waals surface area (Å²) in [7, 11) is 4.25. The van der Waals surface area contributed by atoms with Crippen molar-refractivity contribution >= 4 is 23.8 Å². The second-order valence-corrected chi connectivity index (χ2v) is 9.71. The Hall–Kier alpha value is -3.80. The van der Waals surface area contributed by atoms with Crippen molar-refractivity contribution < 1.29 is 43.9 Å². The van der Waals surface area contributed by atoms with Crippen LogP contribution in [0.25, 0.3) is 6.08 Å². The monoisotopic (exact) mass is 560 g/mol. The van der Waals surface area contributed by atoms with Crippen LogP contribution in [0.3, 0.4) is 0 Å². The van der Waals surface area contributed by atoms with Gasteiger partial charge >= 0.3 is 6.09 Å². The number of aliphatic hydroxyl groups is 1. The number of nitrogens with one attached hydrogen (secondary N) is 1. The first-order chi connectivity index (χ1) is 18.8. The Kier molecular flexibility index (Phi) is 11.8. The average molecular weight is 561 g/mol. The number of methoxy groups -OCH3 is 3. The van der Waals surface area contributed by atoms with Crippen molar-refractivity contribution in [2.75, 3.05) is 26.6 Å². The molecule has 0 radical (unpaired) electrons. The number of primary amides is 1. The van der Waals surface area contributed by atoms with Crippen molar-refractivity contribution in [3.63, 3.8) is 0 Å². The van der Waals surface area contributed by atoms with Gasteiger partial charge in [0.15, 0.2) is 17.6 Å². The van der Waals surface area contributed by atoms with Crippen molar-refractivity contribution in [3.05, 3.63) is 52.7 Å². The third kappa shape index (κ3) is 8.10. The van der Waals surface area contributed by atoms with E-state index in [1.54, 1.807) is 52.0 Å². The van der Waals surface area contributed by atoms with Crippen LogP contribution in [0, 0.1) is 5.92 Å². The predicted molar refractivity (Wildman–Crippen MR) is 151 cm³/mol. The molecule has 11 nitrogen and oxygen atoms in total. The number of benzene rings is 1. The molecule has 1 heterocycles. The molecule has 0 saturated carbocycles. The lowest BCUT2D eigenvalue weighted by Gasteiger charge is -2.28. The summed E-state index contributed by atoms with van der Waals surface area (Å²) >= 11 is 0. The lowest BCUT2D eigenvalue weighted by Crippen LogP contribution is -2.36. The summed E-state index contributed by atoms with van der Waals surface area (Å²) in [6.07, 6.45) is 3.94. The van der Waals surface area contributed by atoms with Crippen LogP contribution in [-0.4, -0.2) is 73.1 Å². The number of rotatable bonds is 4. The van der Waals surface area contributed by atoms with Gasteiger partial charge in [0.1, 0.15) is 11.9 Å². The minimum atomic E-state index is -0.998. The first kappa shape index (κ1) is 32.4. The van der Waals surface area contributed by atoms with Crippen LogP contribution in [0.1, 0.15) is 39.7 Å². The molecule has 5 unspecified atom stereocenters. The largest absolute Gasteiger partial charge is 0.505 e. The molecule has 2 bridgehead atoms. The quantitative estimate of drug-likeness (QED) is 0.209. The smallest absolute Gasteiger partial charge is 0.405 e. The Morgan fingerprint density at radius 2 is 1.80 bits per heavy atom. The van der Waals surface area contributed by atoms with E-state index in [9.17, 15) is 24.9 Å². The normalized spacial score (nSPS) is 27.4. The molecule has 0 fully saturated rings. The van der Waals surface area contributed by atoms with Crippen LogP contribution in [0.2, 0.25) is 0 Å². The maximum Gasteiger partial charge on any atom is 0.405 e. The van der Waals surface area contributed by atoms with E-state index in [0.717, 1.165) is 0 Å². The average Bonchev–Trinajstić information content (AvgIpc) is 2.90. The number of aliphatic hydroxyl groups excluding tert-OH is 1. The lowest BCUT2D eigenvalue weighted by molar-refractivity contribution is -0.112. The first-order valence-corrected chi connectivity index (χ1v) is 12.7. The number of fused-ring (bicyclic) bond motifs is 2. The lowest BCUT2D eigenvalue weighted by atomic mass is 9.91. The predicted octanol–water partition coefficient (Wildman–Crippen LogP) is 3.79. The Labute approximate surface area is 234 Å². The summed E-state index contributed by atoms with van der Waals surface area (Å²) in [6, 6.07) is 1.19. The van der Waals surface area contributed by atoms with Crippen molar-refractivity contribution in [3.8, 4) is 17.2 Å². The molecule has 2 rings (SSSR count). The van der Waals surface area contributed by atoms with E-state index in [0.29, 0.717) is 11.1 Å². The Morgan fingerprint density at radius 3 is 2.38 bits per heavy atom. The highest BCUT2D eigenvalue weighted by Crippen LogP contribution is 2.43. The maximum absolute atomic E-state index is 12.9. The fraction of sp³-hybridized carbons (Fsp3) is 0.448. The maximum atomic E-state index is 12.9. The molecule has 1 aromatic rings. The van der Waals surface area contributed by atoms with Gasteiger partial charge in [0.2, 0.25) is 0 Å². The van der Waals surface area contributed by atoms with E-state index in [-0.39, 0.29) is 40.5 Å². The highest BCUT2D eigenvalue weighted by molar-refractivity contribution is 6.05. The molecule has 11 heteroatoms. The highest BCUT2D eigenvalue weighted by Gasteiger charge is 2.29. The molecule has 0 aliphatic carbocycles. The molecule has 0 saturated heterocycles. The van der Waals surface area contributed by atoms with Gasteiger partial charge in [0, 0.05) is 31.8 Å². The zero-order chi connectivity index (χ0) is 30.1. The third-order valence-electron chi connectivity index (χ3n) is 6.65.